The predicted octanol–water partition coefficient (Wildman–Crippen LogP) is 8.99. The molecule has 6 heteroatoms. The van der Waals surface area contributed by atoms with Crippen molar-refractivity contribution in [3.05, 3.63) is 57.7 Å². The quantitative estimate of drug-likeness (QED) is 0.113. The molecule has 0 radical (unpaired) electrons. The van der Waals surface area contributed by atoms with Crippen molar-refractivity contribution in [2.45, 2.75) is 99.3 Å². The molecule has 5 aliphatic carbocycles. The van der Waals surface area contributed by atoms with Crippen molar-refractivity contribution in [2.75, 3.05) is 7.11 Å². The van der Waals surface area contributed by atoms with E-state index in [9.17, 15) is 19.7 Å². The lowest BCUT2D eigenvalue weighted by Crippen LogP contribution is -2.67. The molecule has 5 fully saturated rings. The summed E-state index contributed by atoms with van der Waals surface area (Å²) in [7, 11) is 1.56. The molecule has 1 aromatic carbocycles. The second-order valence-electron chi connectivity index (χ2n) is 16.6. The Labute approximate surface area is 263 Å². The van der Waals surface area contributed by atoms with Crippen LogP contribution in [0.4, 0.5) is 5.69 Å². The fourth-order valence-electron chi connectivity index (χ4n) is 12.6. The van der Waals surface area contributed by atoms with Gasteiger partial charge in [-0.3, -0.25) is 19.7 Å². The number of ketones is 1. The van der Waals surface area contributed by atoms with Crippen LogP contribution in [-0.2, 0) is 14.3 Å². The summed E-state index contributed by atoms with van der Waals surface area (Å²) < 4.78 is 5.52. The third-order valence-electron chi connectivity index (χ3n) is 14.7. The second kappa shape index (κ2) is 10.1. The van der Waals surface area contributed by atoms with Gasteiger partial charge in [-0.25, -0.2) is 0 Å². The highest BCUT2D eigenvalue weighted by Crippen LogP contribution is 2.77. The van der Waals surface area contributed by atoms with Gasteiger partial charge in [0.25, 0.3) is 5.69 Å². The Bertz CT molecular complexity index is 1460. The maximum Gasteiger partial charge on any atom is 0.312 e. The first-order valence-corrected chi connectivity index (χ1v) is 16.8. The highest BCUT2D eigenvalue weighted by atomic mass is 16.6. The van der Waals surface area contributed by atoms with Gasteiger partial charge in [-0.15, -0.1) is 0 Å². The van der Waals surface area contributed by atoms with E-state index >= 15 is 0 Å². The van der Waals surface area contributed by atoms with Crippen LogP contribution >= 0.6 is 0 Å². The largest absolute Gasteiger partial charge is 0.469 e. The molecular formula is C38H51NO5. The molecule has 0 aromatic heterocycles. The Kier molecular flexibility index (Phi) is 7.18. The molecule has 5 aliphatic rings. The number of nitro benzene ring substituents is 1. The summed E-state index contributed by atoms with van der Waals surface area (Å²) in [6.45, 7) is 18.4. The van der Waals surface area contributed by atoms with Gasteiger partial charge in [0.05, 0.1) is 17.4 Å². The van der Waals surface area contributed by atoms with Gasteiger partial charge in [0.2, 0.25) is 0 Å². The zero-order valence-electron chi connectivity index (χ0n) is 27.8. The van der Waals surface area contributed by atoms with Crippen molar-refractivity contribution >= 4 is 23.5 Å². The van der Waals surface area contributed by atoms with E-state index in [0.717, 1.165) is 56.9 Å². The number of hydrogen-bond acceptors (Lipinski definition) is 5. The number of fused-ring (bicyclic) bond motifs is 7. The minimum Gasteiger partial charge on any atom is -0.469 e. The van der Waals surface area contributed by atoms with Crippen LogP contribution in [0.5, 0.6) is 0 Å². The summed E-state index contributed by atoms with van der Waals surface area (Å²) in [5.74, 6) is 1.93. The van der Waals surface area contributed by atoms with Crippen LogP contribution in [0.2, 0.25) is 0 Å². The second-order valence-corrected chi connectivity index (χ2v) is 16.6. The summed E-state index contributed by atoms with van der Waals surface area (Å²) in [4.78, 5) is 38.7. The smallest absolute Gasteiger partial charge is 0.312 e. The molecule has 9 atom stereocenters. The molecule has 0 heterocycles. The topological polar surface area (TPSA) is 86.5 Å². The van der Waals surface area contributed by atoms with E-state index in [1.807, 2.05) is 12.1 Å². The minimum absolute atomic E-state index is 0.0142. The number of nitro groups is 1. The molecule has 0 amide bonds. The molecule has 0 bridgehead atoms. The van der Waals surface area contributed by atoms with Crippen LogP contribution in [0.25, 0.3) is 6.08 Å². The molecule has 5 saturated carbocycles. The van der Waals surface area contributed by atoms with Crippen molar-refractivity contribution in [1.29, 1.82) is 0 Å². The molecule has 0 spiro atoms. The van der Waals surface area contributed by atoms with Crippen molar-refractivity contribution in [3.63, 3.8) is 0 Å². The number of nitrogens with zero attached hydrogens (tertiary/aromatic N) is 1. The molecule has 6 rings (SSSR count). The van der Waals surface area contributed by atoms with Crippen LogP contribution < -0.4 is 0 Å². The van der Waals surface area contributed by atoms with E-state index in [0.29, 0.717) is 29.7 Å². The van der Waals surface area contributed by atoms with Crippen LogP contribution in [0.15, 0.2) is 42.0 Å². The van der Waals surface area contributed by atoms with Crippen LogP contribution in [-0.4, -0.2) is 23.8 Å². The number of hydrogen-bond donors (Lipinski definition) is 0. The number of esters is 1. The van der Waals surface area contributed by atoms with Crippen LogP contribution in [0.3, 0.4) is 0 Å². The van der Waals surface area contributed by atoms with E-state index < -0.39 is 10.8 Å². The number of rotatable bonds is 4. The van der Waals surface area contributed by atoms with E-state index in [2.05, 4.69) is 48.1 Å². The van der Waals surface area contributed by atoms with Crippen molar-refractivity contribution in [1.82, 2.24) is 0 Å². The Morgan fingerprint density at radius 2 is 1.73 bits per heavy atom. The lowest BCUT2D eigenvalue weighted by molar-refractivity contribution is -0.384. The fourth-order valence-corrected chi connectivity index (χ4v) is 12.6. The molecular weight excluding hydrogens is 550 g/mol. The zero-order valence-corrected chi connectivity index (χ0v) is 27.8. The molecule has 6 nitrogen and oxygen atoms in total. The summed E-state index contributed by atoms with van der Waals surface area (Å²) in [6.07, 6.45) is 10.8. The van der Waals surface area contributed by atoms with Gasteiger partial charge < -0.3 is 4.74 Å². The molecule has 0 N–H and O–H groups in total. The maximum absolute atomic E-state index is 14.1. The number of allylic oxidation sites excluding steroid dienone is 2. The SMILES string of the molecule is C=C(C)C1CC[C@]2(C(=O)OC)CC[C@]3(C)[C@H](CC[C@@H]4[C@@]5(C)C/C(=C/c6cccc([N+](=O)[O-])c6)C(=O)C(C)(C)C5CC[C@]43C)C12. The average molecular weight is 602 g/mol. The van der Waals surface area contributed by atoms with Crippen LogP contribution in [0, 0.1) is 66.8 Å². The first-order chi connectivity index (χ1) is 20.6. The Hall–Kier alpha value is -2.76. The molecule has 44 heavy (non-hydrogen) atoms. The predicted molar refractivity (Wildman–Crippen MR) is 172 cm³/mol. The van der Waals surface area contributed by atoms with Crippen molar-refractivity contribution in [3.8, 4) is 0 Å². The van der Waals surface area contributed by atoms with Gasteiger partial charge >= 0.3 is 5.97 Å². The van der Waals surface area contributed by atoms with E-state index in [4.69, 9.17) is 4.74 Å². The van der Waals surface area contributed by atoms with Crippen LogP contribution in [0.1, 0.15) is 105 Å². The third kappa shape index (κ3) is 4.04. The lowest BCUT2D eigenvalue weighted by atomic mass is 9.32. The van der Waals surface area contributed by atoms with Gasteiger partial charge in [-0.05, 0) is 128 Å². The standard InChI is InChI=1S/C38H51NO5/c1-23(2)27-14-17-38(33(41)44-8)19-18-36(6)28(31(27)38)12-13-30-35(5)22-25(20-24-10-9-11-26(21-24)39(42)43)32(40)34(3,4)29(35)15-16-37(30,36)7/h9-11,20-21,27-31H,1,12-19,22H2,2-8H3/b25-20-/t27?,28-,29?,30-,31?,35+,36-,37-,38+/m1/s1. The van der Waals surface area contributed by atoms with E-state index in [-0.39, 0.29) is 50.4 Å². The normalized spacial score (nSPS) is 43.3. The maximum atomic E-state index is 14.1. The number of benzene rings is 1. The van der Waals surface area contributed by atoms with Crippen molar-refractivity contribution in [2.24, 2.45) is 56.7 Å². The number of ether oxygens (including phenoxy) is 1. The number of carbonyl (C=O) groups excluding carboxylic acids is 2. The Balaban J connectivity index is 1.41. The number of methoxy groups -OCH3 is 1. The summed E-state index contributed by atoms with van der Waals surface area (Å²) in [5, 5.41) is 11.5. The highest BCUT2D eigenvalue weighted by Gasteiger charge is 2.72. The monoisotopic (exact) mass is 601 g/mol. The molecule has 1 aromatic rings. The Morgan fingerprint density at radius 3 is 2.39 bits per heavy atom. The zero-order chi connectivity index (χ0) is 32.0. The Morgan fingerprint density at radius 1 is 1.00 bits per heavy atom. The first kappa shape index (κ1) is 31.2. The molecule has 3 unspecified atom stereocenters. The number of Topliss-reactive ketones (excluding diaryl/α,β-unsaturated/α-hetero) is 1. The van der Waals surface area contributed by atoms with Gasteiger partial charge in [-0.2, -0.15) is 0 Å². The number of carbonyl (C=O) groups is 2. The summed E-state index contributed by atoms with van der Waals surface area (Å²) in [6, 6.07) is 6.64. The van der Waals surface area contributed by atoms with Gasteiger partial charge in [0.15, 0.2) is 5.78 Å². The first-order valence-electron chi connectivity index (χ1n) is 16.8. The molecule has 0 saturated heterocycles. The number of non-ortho nitro benzene ring substituents is 1. The lowest BCUT2D eigenvalue weighted by Gasteiger charge is -2.72. The average Bonchev–Trinajstić information content (AvgIpc) is 3.37. The van der Waals surface area contributed by atoms with Gasteiger partial charge in [0.1, 0.15) is 0 Å². The highest BCUT2D eigenvalue weighted by molar-refractivity contribution is 6.04. The van der Waals surface area contributed by atoms with Gasteiger partial charge in [0, 0.05) is 17.5 Å². The van der Waals surface area contributed by atoms with Gasteiger partial charge in [-0.1, -0.05) is 58.9 Å². The summed E-state index contributed by atoms with van der Waals surface area (Å²) >= 11 is 0. The van der Waals surface area contributed by atoms with E-state index in [1.54, 1.807) is 19.2 Å². The summed E-state index contributed by atoms with van der Waals surface area (Å²) in [5.41, 5.74) is 1.91. The minimum atomic E-state index is -0.512. The molecule has 238 valence electrons. The fraction of sp³-hybridized carbons (Fsp3) is 0.684. The van der Waals surface area contributed by atoms with Crippen molar-refractivity contribution < 1.29 is 19.2 Å². The van der Waals surface area contributed by atoms with E-state index in [1.165, 1.54) is 11.6 Å². The molecule has 0 aliphatic heterocycles. The third-order valence-corrected chi connectivity index (χ3v) is 14.7.